The summed E-state index contributed by atoms with van der Waals surface area (Å²) in [7, 11) is 0. The monoisotopic (exact) mass is 644 g/mol. The molecule has 0 fully saturated rings. The molecule has 0 spiro atoms. The molecule has 0 aromatic carbocycles. The highest BCUT2D eigenvalue weighted by Gasteiger charge is 2.34. The summed E-state index contributed by atoms with van der Waals surface area (Å²) in [4.78, 5) is 35.2. The Bertz CT molecular complexity index is 768. The Morgan fingerprint density at radius 1 is 0.489 bits per heavy atom. The Kier molecular flexibility index (Phi) is 23.2. The van der Waals surface area contributed by atoms with Crippen LogP contribution in [0.2, 0.25) is 0 Å². The second-order valence-electron chi connectivity index (χ2n) is 10.1. The zero-order valence-electron chi connectivity index (χ0n) is 28.3. The zero-order chi connectivity index (χ0) is 34.3. The molecule has 0 saturated heterocycles. The SMILES string of the molecule is C=CC(=O)OC(CC)OC(CC)OCC(CC)(COC(CC)OC(CC)OC(=O)C=C)COC(CC)OC(CC)OC(=O)C=C. The molecule has 0 rings (SSSR count). The quantitative estimate of drug-likeness (QED) is 0.0422. The van der Waals surface area contributed by atoms with Crippen LogP contribution < -0.4 is 0 Å². The molecule has 0 saturated carbocycles. The van der Waals surface area contributed by atoms with Crippen molar-refractivity contribution in [3.8, 4) is 0 Å². The number of rotatable bonds is 28. The topological polar surface area (TPSA) is 134 Å². The van der Waals surface area contributed by atoms with Crippen molar-refractivity contribution < 1.29 is 57.0 Å². The van der Waals surface area contributed by atoms with Gasteiger partial charge in [0, 0.05) is 42.9 Å². The van der Waals surface area contributed by atoms with Gasteiger partial charge in [-0.25, -0.2) is 14.4 Å². The largest absolute Gasteiger partial charge is 0.433 e. The lowest BCUT2D eigenvalue weighted by molar-refractivity contribution is -0.276. The molecule has 0 bridgehead atoms. The first-order chi connectivity index (χ1) is 21.5. The average Bonchev–Trinajstić information content (AvgIpc) is 3.07. The zero-order valence-corrected chi connectivity index (χ0v) is 28.3. The molecule has 6 atom stereocenters. The van der Waals surface area contributed by atoms with Gasteiger partial charge in [-0.1, -0.05) is 68.2 Å². The molecule has 0 heterocycles. The molecule has 0 aliphatic heterocycles. The highest BCUT2D eigenvalue weighted by atomic mass is 16.8. The lowest BCUT2D eigenvalue weighted by Gasteiger charge is -2.36. The summed E-state index contributed by atoms with van der Waals surface area (Å²) in [5.41, 5.74) is -0.719. The van der Waals surface area contributed by atoms with Crippen LogP contribution in [0.3, 0.4) is 0 Å². The molecular formula is C33H56O12. The first kappa shape index (κ1) is 42.4. The fraction of sp³-hybridized carbons (Fsp3) is 0.727. The minimum absolute atomic E-state index is 0.145. The van der Waals surface area contributed by atoms with Crippen molar-refractivity contribution in [2.24, 2.45) is 5.41 Å². The smallest absolute Gasteiger partial charge is 0.332 e. The van der Waals surface area contributed by atoms with Gasteiger partial charge < -0.3 is 42.6 Å². The molecule has 0 aliphatic rings. The molecule has 0 aromatic heterocycles. The Labute approximate surface area is 269 Å². The summed E-state index contributed by atoms with van der Waals surface area (Å²) in [6.07, 6.45) is 1.95. The molecular weight excluding hydrogens is 588 g/mol. The van der Waals surface area contributed by atoms with E-state index in [4.69, 9.17) is 42.6 Å². The summed E-state index contributed by atoms with van der Waals surface area (Å²) < 4.78 is 52.3. The fourth-order valence-electron chi connectivity index (χ4n) is 3.66. The molecule has 12 nitrogen and oxygen atoms in total. The molecule has 0 amide bonds. The van der Waals surface area contributed by atoms with E-state index in [9.17, 15) is 14.4 Å². The van der Waals surface area contributed by atoms with Gasteiger partial charge in [-0.05, 0) is 25.7 Å². The van der Waals surface area contributed by atoms with Crippen LogP contribution in [0.1, 0.15) is 93.4 Å². The lowest BCUT2D eigenvalue weighted by atomic mass is 9.88. The van der Waals surface area contributed by atoms with E-state index in [0.29, 0.717) is 44.9 Å². The summed E-state index contributed by atoms with van der Waals surface area (Å²) in [6, 6.07) is 0. The summed E-state index contributed by atoms with van der Waals surface area (Å²) in [5.74, 6) is -1.78. The Balaban J connectivity index is 5.90. The van der Waals surface area contributed by atoms with E-state index in [1.807, 2.05) is 48.5 Å². The normalized spacial score (nSPS) is 16.6. The van der Waals surface area contributed by atoms with Gasteiger partial charge in [0.05, 0.1) is 19.8 Å². The Hall–Kier alpha value is -2.61. The summed E-state index contributed by atoms with van der Waals surface area (Å²) in [6.45, 7) is 23.8. The van der Waals surface area contributed by atoms with Gasteiger partial charge in [0.2, 0.25) is 18.9 Å². The molecule has 0 N–H and O–H groups in total. The van der Waals surface area contributed by atoms with Crippen molar-refractivity contribution in [1.29, 1.82) is 0 Å². The third kappa shape index (κ3) is 17.6. The van der Waals surface area contributed by atoms with Crippen LogP contribution in [-0.4, -0.2) is 75.5 Å². The van der Waals surface area contributed by atoms with E-state index < -0.39 is 61.1 Å². The Morgan fingerprint density at radius 3 is 0.911 bits per heavy atom. The standard InChI is InChI=1S/C33H56O12/c1-11-24(34)40-30(17-7)43-27(14-4)37-21-33(20-10,22-38-28(15-5)44-31(18-8)41-25(35)12-2)23-39-29(16-6)45-32(19-9)42-26(36)13-3/h11-13,27-32H,1-3,14-23H2,4-10H3. The number of ether oxygens (including phenoxy) is 9. The molecule has 0 radical (unpaired) electrons. The summed E-state index contributed by atoms with van der Waals surface area (Å²) >= 11 is 0. The van der Waals surface area contributed by atoms with Gasteiger partial charge >= 0.3 is 17.9 Å². The third-order valence-electron chi connectivity index (χ3n) is 6.63. The molecule has 45 heavy (non-hydrogen) atoms. The number of esters is 3. The third-order valence-corrected chi connectivity index (χ3v) is 6.63. The van der Waals surface area contributed by atoms with Crippen LogP contribution in [0, 0.1) is 5.41 Å². The van der Waals surface area contributed by atoms with Crippen molar-refractivity contribution in [2.75, 3.05) is 19.8 Å². The van der Waals surface area contributed by atoms with Crippen molar-refractivity contribution in [1.82, 2.24) is 0 Å². The second kappa shape index (κ2) is 24.6. The fourth-order valence-corrected chi connectivity index (χ4v) is 3.66. The Morgan fingerprint density at radius 2 is 0.733 bits per heavy atom. The predicted molar refractivity (Wildman–Crippen MR) is 167 cm³/mol. The van der Waals surface area contributed by atoms with E-state index in [-0.39, 0.29) is 19.8 Å². The molecule has 260 valence electrons. The van der Waals surface area contributed by atoms with Gasteiger partial charge in [-0.2, -0.15) is 0 Å². The van der Waals surface area contributed by atoms with Crippen LogP contribution in [0.5, 0.6) is 0 Å². The van der Waals surface area contributed by atoms with Crippen molar-refractivity contribution >= 4 is 17.9 Å². The maximum atomic E-state index is 11.7. The minimum atomic E-state index is -0.812. The van der Waals surface area contributed by atoms with E-state index in [1.165, 1.54) is 0 Å². The number of hydrogen-bond donors (Lipinski definition) is 0. The van der Waals surface area contributed by atoms with Crippen LogP contribution in [0.25, 0.3) is 0 Å². The molecule has 0 aromatic rings. The van der Waals surface area contributed by atoms with Crippen LogP contribution in [-0.2, 0) is 57.0 Å². The maximum Gasteiger partial charge on any atom is 0.332 e. The van der Waals surface area contributed by atoms with Crippen molar-refractivity contribution in [3.63, 3.8) is 0 Å². The van der Waals surface area contributed by atoms with E-state index in [1.54, 1.807) is 0 Å². The lowest BCUT2D eigenvalue weighted by Crippen LogP contribution is -2.42. The number of hydrogen-bond acceptors (Lipinski definition) is 12. The molecule has 0 aliphatic carbocycles. The highest BCUT2D eigenvalue weighted by molar-refractivity contribution is 5.81. The van der Waals surface area contributed by atoms with Gasteiger partial charge in [-0.3, -0.25) is 0 Å². The molecule has 12 heteroatoms. The minimum Gasteiger partial charge on any atom is -0.433 e. The first-order valence-electron chi connectivity index (χ1n) is 15.8. The molecule has 6 unspecified atom stereocenters. The van der Waals surface area contributed by atoms with Crippen LogP contribution in [0.15, 0.2) is 38.0 Å². The highest BCUT2D eigenvalue weighted by Crippen LogP contribution is 2.28. The van der Waals surface area contributed by atoms with Crippen LogP contribution >= 0.6 is 0 Å². The van der Waals surface area contributed by atoms with E-state index in [2.05, 4.69) is 19.7 Å². The number of carbonyl (C=O) groups excluding carboxylic acids is 3. The van der Waals surface area contributed by atoms with E-state index in [0.717, 1.165) is 18.2 Å². The van der Waals surface area contributed by atoms with Crippen LogP contribution in [0.4, 0.5) is 0 Å². The van der Waals surface area contributed by atoms with Crippen molar-refractivity contribution in [3.05, 3.63) is 38.0 Å². The van der Waals surface area contributed by atoms with Gasteiger partial charge in [0.1, 0.15) is 0 Å². The predicted octanol–water partition coefficient (Wildman–Crippen LogP) is 6.09. The number of carbonyl (C=O) groups is 3. The van der Waals surface area contributed by atoms with Gasteiger partial charge in [-0.15, -0.1) is 0 Å². The average molecular weight is 645 g/mol. The first-order valence-corrected chi connectivity index (χ1v) is 15.8. The maximum absolute atomic E-state index is 11.7. The summed E-state index contributed by atoms with van der Waals surface area (Å²) in [5, 5.41) is 0. The van der Waals surface area contributed by atoms with Crippen molar-refractivity contribution in [2.45, 2.75) is 131 Å². The van der Waals surface area contributed by atoms with Gasteiger partial charge in [0.25, 0.3) is 0 Å². The van der Waals surface area contributed by atoms with Gasteiger partial charge in [0.15, 0.2) is 18.9 Å². The second-order valence-corrected chi connectivity index (χ2v) is 10.1. The van der Waals surface area contributed by atoms with E-state index >= 15 is 0 Å².